The molecule has 0 aliphatic carbocycles. The first-order valence-electron chi connectivity index (χ1n) is 5.31. The van der Waals surface area contributed by atoms with E-state index in [2.05, 4.69) is 11.9 Å². The number of thioether (sulfide) groups is 1. The van der Waals surface area contributed by atoms with E-state index in [1.54, 1.807) is 0 Å². The van der Waals surface area contributed by atoms with Crippen molar-refractivity contribution in [2.75, 3.05) is 5.75 Å². The molecule has 0 fully saturated rings. The normalized spacial score (nSPS) is 10.8. The molecule has 1 rings (SSSR count). The maximum absolute atomic E-state index is 5.36. The predicted molar refractivity (Wildman–Crippen MR) is 60.8 cm³/mol. The molecule has 0 amide bonds. The largest absolute Gasteiger partial charge is 0.445 e. The average Bonchev–Trinajstić information content (AvgIpc) is 2.45. The second-order valence-corrected chi connectivity index (χ2v) is 4.59. The van der Waals surface area contributed by atoms with E-state index in [-0.39, 0.29) is 0 Å². The number of rotatable bonds is 6. The van der Waals surface area contributed by atoms with Gasteiger partial charge in [0.1, 0.15) is 10.8 Å². The van der Waals surface area contributed by atoms with Crippen LogP contribution in [0.15, 0.2) is 9.44 Å². The van der Waals surface area contributed by atoms with Crippen LogP contribution in [0.25, 0.3) is 0 Å². The summed E-state index contributed by atoms with van der Waals surface area (Å²) in [5.74, 6) is 2.90. The third kappa shape index (κ3) is 3.74. The van der Waals surface area contributed by atoms with Crippen LogP contribution in [0.2, 0.25) is 0 Å². The lowest BCUT2D eigenvalue weighted by atomic mass is 10.2. The Balaban J connectivity index is 2.21. The molecule has 0 aromatic carbocycles. The zero-order valence-electron chi connectivity index (χ0n) is 9.30. The third-order valence-electron chi connectivity index (χ3n) is 2.10. The van der Waals surface area contributed by atoms with Gasteiger partial charge in [-0.3, -0.25) is 0 Å². The molecule has 0 radical (unpaired) electrons. The molecule has 0 saturated carbocycles. The lowest BCUT2D eigenvalue weighted by Crippen LogP contribution is -1.82. The average molecular weight is 213 g/mol. The molecular weight excluding hydrogens is 194 g/mol. The van der Waals surface area contributed by atoms with Crippen LogP contribution < -0.4 is 0 Å². The lowest BCUT2D eigenvalue weighted by Gasteiger charge is -1.97. The first-order valence-corrected chi connectivity index (χ1v) is 6.29. The fraction of sp³-hybridized carbons (Fsp3) is 0.727. The molecule has 80 valence electrons. The Morgan fingerprint density at radius 3 is 2.57 bits per heavy atom. The zero-order chi connectivity index (χ0) is 10.4. The third-order valence-corrected chi connectivity index (χ3v) is 3.24. The summed E-state index contributed by atoms with van der Waals surface area (Å²) < 4.78 is 5.36. The zero-order valence-corrected chi connectivity index (χ0v) is 10.1. The molecule has 1 heterocycles. The smallest absolute Gasteiger partial charge is 0.192 e. The molecular formula is C11H19NOS. The highest BCUT2D eigenvalue weighted by molar-refractivity contribution is 7.99. The summed E-state index contributed by atoms with van der Waals surface area (Å²) >= 11 is 1.81. The second-order valence-electron chi connectivity index (χ2n) is 3.50. The number of aryl methyl sites for hydroxylation is 2. The molecule has 14 heavy (non-hydrogen) atoms. The van der Waals surface area contributed by atoms with Crippen LogP contribution in [0.3, 0.4) is 0 Å². The van der Waals surface area contributed by atoms with Crippen LogP contribution in [0.1, 0.15) is 44.3 Å². The summed E-state index contributed by atoms with van der Waals surface area (Å²) in [4.78, 5) is 4.32. The van der Waals surface area contributed by atoms with E-state index in [0.29, 0.717) is 0 Å². The van der Waals surface area contributed by atoms with E-state index < -0.39 is 0 Å². The second kappa shape index (κ2) is 6.12. The fourth-order valence-corrected chi connectivity index (χ4v) is 2.32. The van der Waals surface area contributed by atoms with Crippen LogP contribution in [-0.2, 0) is 0 Å². The van der Waals surface area contributed by atoms with Gasteiger partial charge in [0.15, 0.2) is 5.89 Å². The van der Waals surface area contributed by atoms with E-state index in [1.165, 1.54) is 25.7 Å². The summed E-state index contributed by atoms with van der Waals surface area (Å²) in [7, 11) is 0. The Bertz CT molecular complexity index is 270. The Morgan fingerprint density at radius 1 is 1.21 bits per heavy atom. The van der Waals surface area contributed by atoms with Crippen molar-refractivity contribution >= 4 is 11.8 Å². The first-order chi connectivity index (χ1) is 6.74. The minimum absolute atomic E-state index is 0.776. The summed E-state index contributed by atoms with van der Waals surface area (Å²) in [5.41, 5.74) is 0. The van der Waals surface area contributed by atoms with Gasteiger partial charge in [0.2, 0.25) is 0 Å². The summed E-state index contributed by atoms with van der Waals surface area (Å²) in [6.07, 6.45) is 5.26. The maximum Gasteiger partial charge on any atom is 0.192 e. The molecule has 1 aromatic rings. The van der Waals surface area contributed by atoms with Gasteiger partial charge in [-0.15, -0.1) is 11.8 Å². The number of nitrogens with zero attached hydrogens (tertiary/aromatic N) is 1. The quantitative estimate of drug-likeness (QED) is 0.528. The van der Waals surface area contributed by atoms with Gasteiger partial charge < -0.3 is 4.42 Å². The standard InChI is InChI=1S/C11H19NOS/c1-4-5-6-7-8-14-11-9(2)13-10(3)12-11/h4-8H2,1-3H3. The van der Waals surface area contributed by atoms with Gasteiger partial charge in [0.25, 0.3) is 0 Å². The molecule has 0 unspecified atom stereocenters. The summed E-state index contributed by atoms with van der Waals surface area (Å²) in [5, 5.41) is 1.07. The van der Waals surface area contributed by atoms with Gasteiger partial charge in [-0.1, -0.05) is 26.2 Å². The predicted octanol–water partition coefficient (Wildman–Crippen LogP) is 3.96. The Labute approximate surface area is 90.5 Å². The van der Waals surface area contributed by atoms with Gasteiger partial charge in [-0.2, -0.15) is 0 Å². The molecule has 0 saturated heterocycles. The van der Waals surface area contributed by atoms with E-state index in [9.17, 15) is 0 Å². The Kier molecular flexibility index (Phi) is 5.09. The van der Waals surface area contributed by atoms with Crippen molar-refractivity contribution < 1.29 is 4.42 Å². The number of hydrogen-bond acceptors (Lipinski definition) is 3. The molecule has 0 bridgehead atoms. The maximum atomic E-state index is 5.36. The van der Waals surface area contributed by atoms with Crippen molar-refractivity contribution in [2.24, 2.45) is 0 Å². The van der Waals surface area contributed by atoms with E-state index in [1.807, 2.05) is 25.6 Å². The molecule has 1 aromatic heterocycles. The molecule has 0 aliphatic rings. The van der Waals surface area contributed by atoms with Crippen molar-refractivity contribution in [2.45, 2.75) is 51.5 Å². The fourth-order valence-electron chi connectivity index (χ4n) is 1.34. The summed E-state index contributed by atoms with van der Waals surface area (Å²) in [6, 6.07) is 0. The Morgan fingerprint density at radius 2 is 2.00 bits per heavy atom. The van der Waals surface area contributed by atoms with Crippen LogP contribution in [0.4, 0.5) is 0 Å². The van der Waals surface area contributed by atoms with Gasteiger partial charge in [0.05, 0.1) is 0 Å². The van der Waals surface area contributed by atoms with Gasteiger partial charge in [-0.05, 0) is 19.1 Å². The van der Waals surface area contributed by atoms with Crippen LogP contribution in [-0.4, -0.2) is 10.7 Å². The van der Waals surface area contributed by atoms with Crippen molar-refractivity contribution in [1.82, 2.24) is 4.98 Å². The highest BCUT2D eigenvalue weighted by atomic mass is 32.2. The lowest BCUT2D eigenvalue weighted by molar-refractivity contribution is 0.491. The van der Waals surface area contributed by atoms with Crippen molar-refractivity contribution in [3.63, 3.8) is 0 Å². The van der Waals surface area contributed by atoms with Crippen LogP contribution in [0.5, 0.6) is 0 Å². The molecule has 0 N–H and O–H groups in total. The van der Waals surface area contributed by atoms with E-state index in [0.717, 1.165) is 22.4 Å². The molecule has 0 aliphatic heterocycles. The minimum atomic E-state index is 0.776. The Hall–Kier alpha value is -0.440. The van der Waals surface area contributed by atoms with Crippen molar-refractivity contribution in [3.8, 4) is 0 Å². The molecule has 2 nitrogen and oxygen atoms in total. The van der Waals surface area contributed by atoms with E-state index in [4.69, 9.17) is 4.42 Å². The van der Waals surface area contributed by atoms with Gasteiger partial charge in [0, 0.05) is 6.92 Å². The van der Waals surface area contributed by atoms with Crippen LogP contribution in [0, 0.1) is 13.8 Å². The number of unbranched alkanes of at least 4 members (excludes halogenated alkanes) is 3. The van der Waals surface area contributed by atoms with Gasteiger partial charge >= 0.3 is 0 Å². The summed E-state index contributed by atoms with van der Waals surface area (Å²) in [6.45, 7) is 6.11. The number of oxazole rings is 1. The highest BCUT2D eigenvalue weighted by Gasteiger charge is 2.05. The molecule has 0 spiro atoms. The van der Waals surface area contributed by atoms with Gasteiger partial charge in [-0.25, -0.2) is 4.98 Å². The SMILES string of the molecule is CCCCCCSc1nc(C)oc1C. The number of aromatic nitrogens is 1. The molecule has 0 atom stereocenters. The topological polar surface area (TPSA) is 26.0 Å². The highest BCUT2D eigenvalue weighted by Crippen LogP contribution is 2.23. The monoisotopic (exact) mass is 213 g/mol. The van der Waals surface area contributed by atoms with E-state index >= 15 is 0 Å². The van der Waals surface area contributed by atoms with Crippen LogP contribution >= 0.6 is 11.8 Å². The van der Waals surface area contributed by atoms with Crippen molar-refractivity contribution in [1.29, 1.82) is 0 Å². The first kappa shape index (κ1) is 11.6. The minimum Gasteiger partial charge on any atom is -0.445 e. The van der Waals surface area contributed by atoms with Crippen molar-refractivity contribution in [3.05, 3.63) is 11.7 Å². The molecule has 3 heteroatoms. The number of hydrogen-bond donors (Lipinski definition) is 0.